The van der Waals surface area contributed by atoms with Crippen LogP contribution in [0.1, 0.15) is 36.5 Å². The molecule has 0 radical (unpaired) electrons. The number of rotatable bonds is 6. The molecule has 1 aliphatic rings. The molecule has 1 aliphatic heterocycles. The van der Waals surface area contributed by atoms with Gasteiger partial charge in [0.15, 0.2) is 0 Å². The van der Waals surface area contributed by atoms with Gasteiger partial charge in [-0.25, -0.2) is 4.98 Å². The predicted molar refractivity (Wildman–Crippen MR) is 80.9 cm³/mol. The number of nitrogens with one attached hydrogen (secondary N) is 1. The molecule has 5 nitrogen and oxygen atoms in total. The molecule has 5 heteroatoms. The summed E-state index contributed by atoms with van der Waals surface area (Å²) >= 11 is 0. The van der Waals surface area contributed by atoms with Gasteiger partial charge in [-0.05, 0) is 50.4 Å². The number of pyridine rings is 1. The number of amides is 1. The average molecular weight is 276 g/mol. The molecule has 0 spiro atoms. The number of carbonyl (C=O) groups excluding carboxylic acids is 1. The van der Waals surface area contributed by atoms with Crippen LogP contribution < -0.4 is 16.0 Å². The van der Waals surface area contributed by atoms with E-state index >= 15 is 0 Å². The number of primary amides is 1. The number of aromatic nitrogens is 1. The lowest BCUT2D eigenvalue weighted by Gasteiger charge is -2.33. The van der Waals surface area contributed by atoms with Crippen LogP contribution in [-0.4, -0.2) is 37.1 Å². The highest BCUT2D eigenvalue weighted by Gasteiger charge is 2.19. The Morgan fingerprint density at radius 1 is 1.45 bits per heavy atom. The van der Waals surface area contributed by atoms with Gasteiger partial charge in [0, 0.05) is 19.3 Å². The summed E-state index contributed by atoms with van der Waals surface area (Å²) in [6.07, 6.45) is 5.13. The van der Waals surface area contributed by atoms with Gasteiger partial charge in [-0.1, -0.05) is 6.92 Å². The standard InChI is InChI=1S/C15H24N4O/c1-2-7-17-10-12-5-8-19(9-6-12)14-4-3-13(11-18-14)15(16)20/h3-4,11-12,17H,2,5-10H2,1H3,(H2,16,20). The van der Waals surface area contributed by atoms with Crippen molar-refractivity contribution in [3.8, 4) is 0 Å². The van der Waals surface area contributed by atoms with Crippen LogP contribution in [-0.2, 0) is 0 Å². The van der Waals surface area contributed by atoms with Crippen molar-refractivity contribution in [2.24, 2.45) is 11.7 Å². The third kappa shape index (κ3) is 3.93. The van der Waals surface area contributed by atoms with Crippen LogP contribution in [0.25, 0.3) is 0 Å². The minimum Gasteiger partial charge on any atom is -0.366 e. The second-order valence-corrected chi connectivity index (χ2v) is 5.40. The first kappa shape index (κ1) is 14.8. The normalized spacial score (nSPS) is 16.4. The first-order valence-corrected chi connectivity index (χ1v) is 7.42. The average Bonchev–Trinajstić information content (AvgIpc) is 2.48. The van der Waals surface area contributed by atoms with Crippen LogP contribution in [0, 0.1) is 5.92 Å². The molecule has 0 aromatic carbocycles. The number of anilines is 1. The molecule has 20 heavy (non-hydrogen) atoms. The second-order valence-electron chi connectivity index (χ2n) is 5.40. The highest BCUT2D eigenvalue weighted by atomic mass is 16.1. The van der Waals surface area contributed by atoms with Crippen LogP contribution in [0.15, 0.2) is 18.3 Å². The molecule has 2 heterocycles. The molecular formula is C15H24N4O. The molecule has 0 bridgehead atoms. The van der Waals surface area contributed by atoms with E-state index in [1.807, 2.05) is 6.07 Å². The van der Waals surface area contributed by atoms with Crippen molar-refractivity contribution in [3.63, 3.8) is 0 Å². The van der Waals surface area contributed by atoms with Crippen molar-refractivity contribution in [2.45, 2.75) is 26.2 Å². The summed E-state index contributed by atoms with van der Waals surface area (Å²) in [7, 11) is 0. The first-order valence-electron chi connectivity index (χ1n) is 7.42. The Morgan fingerprint density at radius 3 is 2.75 bits per heavy atom. The fourth-order valence-corrected chi connectivity index (χ4v) is 2.57. The zero-order valence-corrected chi connectivity index (χ0v) is 12.1. The van der Waals surface area contributed by atoms with Crippen LogP contribution in [0.4, 0.5) is 5.82 Å². The molecule has 1 aromatic heterocycles. The van der Waals surface area contributed by atoms with Crippen LogP contribution >= 0.6 is 0 Å². The van der Waals surface area contributed by atoms with Gasteiger partial charge >= 0.3 is 0 Å². The lowest BCUT2D eigenvalue weighted by molar-refractivity contribution is 0.1000. The molecule has 1 fully saturated rings. The van der Waals surface area contributed by atoms with E-state index in [4.69, 9.17) is 5.73 Å². The number of piperidine rings is 1. The highest BCUT2D eigenvalue weighted by Crippen LogP contribution is 2.21. The summed E-state index contributed by atoms with van der Waals surface area (Å²) in [5, 5.41) is 3.49. The van der Waals surface area contributed by atoms with E-state index in [1.54, 1.807) is 12.3 Å². The van der Waals surface area contributed by atoms with Gasteiger partial charge in [-0.15, -0.1) is 0 Å². The van der Waals surface area contributed by atoms with E-state index in [9.17, 15) is 4.79 Å². The maximum Gasteiger partial charge on any atom is 0.250 e. The summed E-state index contributed by atoms with van der Waals surface area (Å²) in [6, 6.07) is 3.63. The molecule has 2 rings (SSSR count). The SMILES string of the molecule is CCCNCC1CCN(c2ccc(C(N)=O)cn2)CC1. The Balaban J connectivity index is 1.82. The van der Waals surface area contributed by atoms with E-state index in [0.717, 1.165) is 37.9 Å². The zero-order valence-electron chi connectivity index (χ0n) is 12.1. The minimum absolute atomic E-state index is 0.426. The van der Waals surface area contributed by atoms with Gasteiger partial charge in [-0.3, -0.25) is 4.79 Å². The third-order valence-electron chi connectivity index (χ3n) is 3.83. The Labute approximate surface area is 120 Å². The molecule has 0 aliphatic carbocycles. The smallest absolute Gasteiger partial charge is 0.250 e. The molecule has 3 N–H and O–H groups in total. The monoisotopic (exact) mass is 276 g/mol. The molecule has 1 saturated heterocycles. The molecule has 0 unspecified atom stereocenters. The number of carbonyl (C=O) groups is 1. The molecule has 110 valence electrons. The summed E-state index contributed by atoms with van der Waals surface area (Å²) in [5.41, 5.74) is 5.68. The number of nitrogens with zero attached hydrogens (tertiary/aromatic N) is 2. The lowest BCUT2D eigenvalue weighted by atomic mass is 9.96. The van der Waals surface area contributed by atoms with Gasteiger partial charge in [0.25, 0.3) is 0 Å². The Morgan fingerprint density at radius 2 is 2.20 bits per heavy atom. The molecular weight excluding hydrogens is 252 g/mol. The van der Waals surface area contributed by atoms with Crippen molar-refractivity contribution in [3.05, 3.63) is 23.9 Å². The largest absolute Gasteiger partial charge is 0.366 e. The van der Waals surface area contributed by atoms with E-state index in [1.165, 1.54) is 19.3 Å². The molecule has 0 atom stereocenters. The molecule has 1 aromatic rings. The maximum absolute atomic E-state index is 11.0. The zero-order chi connectivity index (χ0) is 14.4. The van der Waals surface area contributed by atoms with E-state index in [-0.39, 0.29) is 0 Å². The van der Waals surface area contributed by atoms with E-state index in [2.05, 4.69) is 22.1 Å². The summed E-state index contributed by atoms with van der Waals surface area (Å²) < 4.78 is 0. The fraction of sp³-hybridized carbons (Fsp3) is 0.600. The Kier molecular flexibility index (Phi) is 5.35. The van der Waals surface area contributed by atoms with Crippen molar-refractivity contribution in [1.82, 2.24) is 10.3 Å². The maximum atomic E-state index is 11.0. The van der Waals surface area contributed by atoms with Crippen molar-refractivity contribution in [2.75, 3.05) is 31.1 Å². The fourth-order valence-electron chi connectivity index (χ4n) is 2.57. The summed E-state index contributed by atoms with van der Waals surface area (Å²) in [5.74, 6) is 1.28. The van der Waals surface area contributed by atoms with Crippen molar-refractivity contribution < 1.29 is 4.79 Å². The molecule has 0 saturated carbocycles. The minimum atomic E-state index is -0.426. The Hall–Kier alpha value is -1.62. The third-order valence-corrected chi connectivity index (χ3v) is 3.83. The molecule has 1 amide bonds. The van der Waals surface area contributed by atoms with Gasteiger partial charge in [0.2, 0.25) is 5.91 Å². The van der Waals surface area contributed by atoms with Gasteiger partial charge in [0.1, 0.15) is 5.82 Å². The topological polar surface area (TPSA) is 71.2 Å². The van der Waals surface area contributed by atoms with Gasteiger partial charge in [-0.2, -0.15) is 0 Å². The number of nitrogens with two attached hydrogens (primary N) is 1. The quantitative estimate of drug-likeness (QED) is 0.770. The van der Waals surface area contributed by atoms with Crippen molar-refractivity contribution in [1.29, 1.82) is 0 Å². The van der Waals surface area contributed by atoms with Gasteiger partial charge in [0.05, 0.1) is 5.56 Å². The van der Waals surface area contributed by atoms with Crippen LogP contribution in [0.2, 0.25) is 0 Å². The van der Waals surface area contributed by atoms with Crippen LogP contribution in [0.5, 0.6) is 0 Å². The lowest BCUT2D eigenvalue weighted by Crippen LogP contribution is -2.37. The summed E-state index contributed by atoms with van der Waals surface area (Å²) in [4.78, 5) is 17.6. The summed E-state index contributed by atoms with van der Waals surface area (Å²) in [6.45, 7) is 6.48. The second kappa shape index (κ2) is 7.24. The number of hydrogen-bond donors (Lipinski definition) is 2. The predicted octanol–water partition coefficient (Wildman–Crippen LogP) is 1.40. The first-order chi connectivity index (χ1) is 9.70. The number of hydrogen-bond acceptors (Lipinski definition) is 4. The van der Waals surface area contributed by atoms with Gasteiger partial charge < -0.3 is 16.0 Å². The Bertz CT molecular complexity index is 424. The van der Waals surface area contributed by atoms with Crippen molar-refractivity contribution >= 4 is 11.7 Å². The van der Waals surface area contributed by atoms with Crippen LogP contribution in [0.3, 0.4) is 0 Å². The van der Waals surface area contributed by atoms with E-state index < -0.39 is 5.91 Å². The highest BCUT2D eigenvalue weighted by molar-refractivity contribution is 5.92. The van der Waals surface area contributed by atoms with E-state index in [0.29, 0.717) is 5.56 Å².